The van der Waals surface area contributed by atoms with Crippen molar-refractivity contribution < 1.29 is 9.47 Å². The molecule has 0 bridgehead atoms. The zero-order valence-corrected chi connectivity index (χ0v) is 13.6. The molecule has 1 aliphatic rings. The SMILES string of the molecule is COc1cc(N)cc2c1CC(c1c[nH]c3cc(N)cc(OC)c13)N2. The minimum absolute atomic E-state index is 0.113. The van der Waals surface area contributed by atoms with Crippen LogP contribution in [0.4, 0.5) is 17.1 Å². The minimum atomic E-state index is 0.113. The van der Waals surface area contributed by atoms with Gasteiger partial charge in [0.05, 0.1) is 25.8 Å². The van der Waals surface area contributed by atoms with E-state index in [1.54, 1.807) is 14.2 Å². The van der Waals surface area contributed by atoms with Gasteiger partial charge in [-0.3, -0.25) is 0 Å². The Balaban J connectivity index is 1.80. The lowest BCUT2D eigenvalue weighted by Crippen LogP contribution is -2.05. The van der Waals surface area contributed by atoms with Crippen molar-refractivity contribution in [1.82, 2.24) is 4.98 Å². The standard InChI is InChI=1S/C18H20N4O2/c1-23-16-5-9(19)3-13-11(16)7-14(22-13)12-8-21-15-4-10(20)6-17(24-2)18(12)15/h3-6,8,14,21-22H,7,19-20H2,1-2H3. The number of nitrogens with one attached hydrogen (secondary N) is 2. The fourth-order valence-corrected chi connectivity index (χ4v) is 3.53. The van der Waals surface area contributed by atoms with Crippen LogP contribution < -0.4 is 26.3 Å². The molecule has 4 rings (SSSR count). The van der Waals surface area contributed by atoms with E-state index in [2.05, 4.69) is 10.3 Å². The number of anilines is 3. The third-order valence-electron chi connectivity index (χ3n) is 4.58. The normalized spacial score (nSPS) is 16.0. The van der Waals surface area contributed by atoms with E-state index in [0.717, 1.165) is 45.6 Å². The van der Waals surface area contributed by atoms with Gasteiger partial charge < -0.3 is 31.2 Å². The molecule has 0 spiro atoms. The van der Waals surface area contributed by atoms with Gasteiger partial charge in [-0.1, -0.05) is 0 Å². The summed E-state index contributed by atoms with van der Waals surface area (Å²) >= 11 is 0. The van der Waals surface area contributed by atoms with Gasteiger partial charge in [0.2, 0.25) is 0 Å². The molecule has 6 nitrogen and oxygen atoms in total. The largest absolute Gasteiger partial charge is 0.496 e. The van der Waals surface area contributed by atoms with E-state index >= 15 is 0 Å². The summed E-state index contributed by atoms with van der Waals surface area (Å²) in [6.07, 6.45) is 2.82. The average Bonchev–Trinajstić information content (AvgIpc) is 3.16. The Kier molecular flexibility index (Phi) is 3.19. The monoisotopic (exact) mass is 324 g/mol. The molecule has 1 unspecified atom stereocenters. The molecule has 0 saturated carbocycles. The molecule has 2 heterocycles. The first-order chi connectivity index (χ1) is 11.6. The highest BCUT2D eigenvalue weighted by atomic mass is 16.5. The third-order valence-corrected chi connectivity index (χ3v) is 4.58. The van der Waals surface area contributed by atoms with Crippen LogP contribution >= 0.6 is 0 Å². The van der Waals surface area contributed by atoms with Crippen molar-refractivity contribution in [3.05, 3.63) is 41.6 Å². The van der Waals surface area contributed by atoms with Crippen LogP contribution in [0.3, 0.4) is 0 Å². The Morgan fingerprint density at radius 1 is 1.00 bits per heavy atom. The van der Waals surface area contributed by atoms with Crippen LogP contribution in [0.2, 0.25) is 0 Å². The molecule has 3 aromatic rings. The van der Waals surface area contributed by atoms with Crippen LogP contribution in [0.1, 0.15) is 17.2 Å². The quantitative estimate of drug-likeness (QED) is 0.555. The first kappa shape index (κ1) is 14.6. The van der Waals surface area contributed by atoms with Gasteiger partial charge in [-0.2, -0.15) is 0 Å². The van der Waals surface area contributed by atoms with Crippen molar-refractivity contribution in [2.75, 3.05) is 31.0 Å². The van der Waals surface area contributed by atoms with Gasteiger partial charge in [0.1, 0.15) is 11.5 Å². The number of hydrogen-bond acceptors (Lipinski definition) is 5. The molecule has 0 fully saturated rings. The summed E-state index contributed by atoms with van der Waals surface area (Å²) in [5, 5.41) is 4.59. The predicted molar refractivity (Wildman–Crippen MR) is 96.7 cm³/mol. The van der Waals surface area contributed by atoms with E-state index in [9.17, 15) is 0 Å². The Morgan fingerprint density at radius 2 is 1.71 bits per heavy atom. The highest BCUT2D eigenvalue weighted by molar-refractivity contribution is 5.93. The van der Waals surface area contributed by atoms with Crippen molar-refractivity contribution in [3.8, 4) is 11.5 Å². The number of nitrogens with two attached hydrogens (primary N) is 2. The van der Waals surface area contributed by atoms with Crippen molar-refractivity contribution in [1.29, 1.82) is 0 Å². The molecule has 124 valence electrons. The molecule has 0 aliphatic carbocycles. The predicted octanol–water partition coefficient (Wildman–Crippen LogP) is 3.06. The fraction of sp³-hybridized carbons (Fsp3) is 0.222. The zero-order valence-electron chi connectivity index (χ0n) is 13.6. The molecular formula is C18H20N4O2. The second-order valence-electron chi connectivity index (χ2n) is 6.04. The maximum atomic E-state index is 5.96. The molecule has 1 aliphatic heterocycles. The summed E-state index contributed by atoms with van der Waals surface area (Å²) in [5.74, 6) is 1.58. The summed E-state index contributed by atoms with van der Waals surface area (Å²) < 4.78 is 11.0. The summed E-state index contributed by atoms with van der Waals surface area (Å²) in [7, 11) is 3.32. The second kappa shape index (κ2) is 5.26. The van der Waals surface area contributed by atoms with E-state index in [1.807, 2.05) is 30.5 Å². The molecule has 24 heavy (non-hydrogen) atoms. The van der Waals surface area contributed by atoms with Crippen molar-refractivity contribution in [2.45, 2.75) is 12.5 Å². The van der Waals surface area contributed by atoms with Crippen LogP contribution in [0.25, 0.3) is 10.9 Å². The highest BCUT2D eigenvalue weighted by Gasteiger charge is 2.28. The van der Waals surface area contributed by atoms with Crippen LogP contribution in [0.5, 0.6) is 11.5 Å². The number of H-pyrrole nitrogens is 1. The van der Waals surface area contributed by atoms with E-state index < -0.39 is 0 Å². The highest BCUT2D eigenvalue weighted by Crippen LogP contribution is 2.44. The maximum absolute atomic E-state index is 5.96. The van der Waals surface area contributed by atoms with Gasteiger partial charge in [-0.05, 0) is 12.1 Å². The first-order valence-electron chi connectivity index (χ1n) is 7.78. The number of rotatable bonds is 3. The lowest BCUT2D eigenvalue weighted by atomic mass is 10.0. The number of fused-ring (bicyclic) bond motifs is 2. The van der Waals surface area contributed by atoms with E-state index in [4.69, 9.17) is 20.9 Å². The number of aromatic nitrogens is 1. The Morgan fingerprint density at radius 3 is 2.46 bits per heavy atom. The molecule has 6 N–H and O–H groups in total. The number of aromatic amines is 1. The third kappa shape index (κ3) is 2.11. The number of benzene rings is 2. The summed E-state index contributed by atoms with van der Waals surface area (Å²) in [6.45, 7) is 0. The lowest BCUT2D eigenvalue weighted by molar-refractivity contribution is 0.410. The Bertz CT molecular complexity index is 932. The van der Waals surface area contributed by atoms with Crippen LogP contribution in [-0.2, 0) is 6.42 Å². The molecule has 0 saturated heterocycles. The summed E-state index contributed by atoms with van der Waals surface area (Å²) in [6, 6.07) is 7.69. The summed E-state index contributed by atoms with van der Waals surface area (Å²) in [5.41, 5.74) is 17.5. The minimum Gasteiger partial charge on any atom is -0.496 e. The molecule has 2 aromatic carbocycles. The van der Waals surface area contributed by atoms with Gasteiger partial charge >= 0.3 is 0 Å². The molecule has 1 aromatic heterocycles. The van der Waals surface area contributed by atoms with Gasteiger partial charge in [0.15, 0.2) is 0 Å². The van der Waals surface area contributed by atoms with Crippen molar-refractivity contribution in [2.24, 2.45) is 0 Å². The van der Waals surface area contributed by atoms with Gasteiger partial charge in [0.25, 0.3) is 0 Å². The maximum Gasteiger partial charge on any atom is 0.130 e. The average molecular weight is 324 g/mol. The fourth-order valence-electron chi connectivity index (χ4n) is 3.53. The van der Waals surface area contributed by atoms with E-state index in [0.29, 0.717) is 11.4 Å². The number of methoxy groups -OCH3 is 2. The van der Waals surface area contributed by atoms with Gasteiger partial charge in [-0.25, -0.2) is 0 Å². The zero-order chi connectivity index (χ0) is 16.8. The molecule has 0 radical (unpaired) electrons. The number of ether oxygens (including phenoxy) is 2. The molecule has 1 atom stereocenters. The topological polar surface area (TPSA) is 98.3 Å². The van der Waals surface area contributed by atoms with E-state index in [1.165, 1.54) is 0 Å². The van der Waals surface area contributed by atoms with Crippen molar-refractivity contribution >= 4 is 28.0 Å². The Hall–Kier alpha value is -3.02. The Labute approximate surface area is 139 Å². The van der Waals surface area contributed by atoms with E-state index in [-0.39, 0.29) is 6.04 Å². The lowest BCUT2D eigenvalue weighted by Gasteiger charge is -2.12. The molecular weight excluding hydrogens is 304 g/mol. The first-order valence-corrected chi connectivity index (χ1v) is 7.78. The van der Waals surface area contributed by atoms with Crippen LogP contribution in [0, 0.1) is 0 Å². The summed E-state index contributed by atoms with van der Waals surface area (Å²) in [4.78, 5) is 3.29. The molecule has 6 heteroatoms. The smallest absolute Gasteiger partial charge is 0.130 e. The van der Waals surface area contributed by atoms with Crippen molar-refractivity contribution in [3.63, 3.8) is 0 Å². The van der Waals surface area contributed by atoms with Crippen LogP contribution in [-0.4, -0.2) is 19.2 Å². The molecule has 0 amide bonds. The van der Waals surface area contributed by atoms with Gasteiger partial charge in [-0.15, -0.1) is 0 Å². The van der Waals surface area contributed by atoms with Crippen LogP contribution in [0.15, 0.2) is 30.5 Å². The number of nitrogen functional groups attached to an aromatic ring is 2. The van der Waals surface area contributed by atoms with Gasteiger partial charge in [0, 0.05) is 58.3 Å². The number of hydrogen-bond donors (Lipinski definition) is 4. The second-order valence-corrected chi connectivity index (χ2v) is 6.04.